The Hall–Kier alpha value is -3.94. The molecule has 4 rings (SSSR count). The topological polar surface area (TPSA) is 78.0 Å². The number of carbonyl (C=O) groups is 1. The zero-order valence-corrected chi connectivity index (χ0v) is 19.0. The first-order valence-corrected chi connectivity index (χ1v) is 10.7. The zero-order valence-electron chi connectivity index (χ0n) is 19.0. The van der Waals surface area contributed by atoms with Gasteiger partial charge in [0.1, 0.15) is 17.9 Å². The van der Waals surface area contributed by atoms with Crippen LogP contribution in [0.5, 0.6) is 0 Å². The van der Waals surface area contributed by atoms with Gasteiger partial charge in [-0.1, -0.05) is 25.1 Å². The Morgan fingerprint density at radius 3 is 2.42 bits per heavy atom. The van der Waals surface area contributed by atoms with E-state index in [4.69, 9.17) is 0 Å². The molecule has 0 spiro atoms. The van der Waals surface area contributed by atoms with E-state index in [0.29, 0.717) is 5.52 Å². The molecule has 0 aliphatic rings. The number of aryl methyl sites for hydroxylation is 4. The normalized spacial score (nSPS) is 11.2. The van der Waals surface area contributed by atoms with E-state index in [0.717, 1.165) is 33.5 Å². The summed E-state index contributed by atoms with van der Waals surface area (Å²) in [6.07, 6.45) is 0.745. The van der Waals surface area contributed by atoms with Crippen LogP contribution in [-0.2, 0) is 24.8 Å². The van der Waals surface area contributed by atoms with Crippen molar-refractivity contribution in [3.8, 4) is 5.69 Å². The van der Waals surface area contributed by atoms with E-state index < -0.39 is 17.1 Å². The van der Waals surface area contributed by atoms with Gasteiger partial charge in [0.05, 0.1) is 11.2 Å². The number of fused-ring (bicyclic) bond motifs is 1. The van der Waals surface area contributed by atoms with Gasteiger partial charge < -0.3 is 9.88 Å². The highest BCUT2D eigenvalue weighted by Gasteiger charge is 2.20. The van der Waals surface area contributed by atoms with Crippen LogP contribution in [0.2, 0.25) is 0 Å². The van der Waals surface area contributed by atoms with Crippen molar-refractivity contribution in [1.82, 2.24) is 13.7 Å². The number of benzene rings is 2. The van der Waals surface area contributed by atoms with Crippen LogP contribution < -0.4 is 16.6 Å². The minimum absolute atomic E-state index is 0.230. The SMILES string of the molecule is CCc1cccc(C)c1NC(=O)Cn1c(=O)n(-c2ccc(F)cc2)c(=O)c2c1cc(C)n2C. The average molecular weight is 448 g/mol. The number of nitrogens with one attached hydrogen (secondary N) is 1. The summed E-state index contributed by atoms with van der Waals surface area (Å²) < 4.78 is 17.4. The first kappa shape index (κ1) is 22.3. The van der Waals surface area contributed by atoms with Gasteiger partial charge in [-0.15, -0.1) is 0 Å². The lowest BCUT2D eigenvalue weighted by molar-refractivity contribution is -0.116. The van der Waals surface area contributed by atoms with E-state index in [-0.39, 0.29) is 23.7 Å². The summed E-state index contributed by atoms with van der Waals surface area (Å²) in [6.45, 7) is 5.45. The molecule has 170 valence electrons. The third-order valence-corrected chi connectivity index (χ3v) is 5.96. The summed E-state index contributed by atoms with van der Waals surface area (Å²) in [7, 11) is 1.73. The van der Waals surface area contributed by atoms with Crippen LogP contribution >= 0.6 is 0 Å². The van der Waals surface area contributed by atoms with Crippen LogP contribution in [0.15, 0.2) is 58.1 Å². The fraction of sp³-hybridized carbons (Fsp3) is 0.240. The van der Waals surface area contributed by atoms with Gasteiger partial charge >= 0.3 is 5.69 Å². The van der Waals surface area contributed by atoms with Crippen LogP contribution in [0.25, 0.3) is 16.7 Å². The smallest absolute Gasteiger partial charge is 0.336 e. The van der Waals surface area contributed by atoms with E-state index in [1.807, 2.05) is 39.0 Å². The van der Waals surface area contributed by atoms with E-state index >= 15 is 0 Å². The Labute approximate surface area is 189 Å². The number of carbonyl (C=O) groups excluding carboxylic acids is 1. The Bertz CT molecular complexity index is 1490. The summed E-state index contributed by atoms with van der Waals surface area (Å²) in [4.78, 5) is 39.7. The maximum atomic E-state index is 13.4. The molecule has 7 nitrogen and oxygen atoms in total. The van der Waals surface area contributed by atoms with E-state index in [1.54, 1.807) is 17.7 Å². The average Bonchev–Trinajstić information content (AvgIpc) is 3.08. The summed E-state index contributed by atoms with van der Waals surface area (Å²) in [5.41, 5.74) is 3.10. The predicted molar refractivity (Wildman–Crippen MR) is 127 cm³/mol. The minimum atomic E-state index is -0.666. The number of hydrogen-bond donors (Lipinski definition) is 1. The van der Waals surface area contributed by atoms with Crippen LogP contribution in [-0.4, -0.2) is 19.6 Å². The van der Waals surface area contributed by atoms with Crippen molar-refractivity contribution in [3.05, 3.63) is 92.0 Å². The molecule has 0 aliphatic carbocycles. The number of amides is 1. The van der Waals surface area contributed by atoms with E-state index in [1.165, 1.54) is 28.8 Å². The molecule has 1 N–H and O–H groups in total. The second-order valence-corrected chi connectivity index (χ2v) is 8.08. The van der Waals surface area contributed by atoms with Gasteiger partial charge in [0.15, 0.2) is 0 Å². The molecule has 0 saturated heterocycles. The Morgan fingerprint density at radius 2 is 1.76 bits per heavy atom. The molecule has 33 heavy (non-hydrogen) atoms. The minimum Gasteiger partial charge on any atom is -0.342 e. The predicted octanol–water partition coefficient (Wildman–Crippen LogP) is 3.45. The fourth-order valence-electron chi connectivity index (χ4n) is 4.08. The number of para-hydroxylation sites is 1. The first-order chi connectivity index (χ1) is 15.7. The summed E-state index contributed by atoms with van der Waals surface area (Å²) in [6, 6.07) is 12.6. The molecule has 1 amide bonds. The largest absolute Gasteiger partial charge is 0.342 e. The summed E-state index contributed by atoms with van der Waals surface area (Å²) in [5.74, 6) is -0.861. The quantitative estimate of drug-likeness (QED) is 0.508. The van der Waals surface area contributed by atoms with Gasteiger partial charge in [-0.05, 0) is 61.7 Å². The van der Waals surface area contributed by atoms with Crippen molar-refractivity contribution in [2.45, 2.75) is 33.7 Å². The number of hydrogen-bond acceptors (Lipinski definition) is 3. The Morgan fingerprint density at radius 1 is 1.06 bits per heavy atom. The molecule has 2 heterocycles. The van der Waals surface area contributed by atoms with Gasteiger partial charge in [0.2, 0.25) is 5.91 Å². The number of rotatable bonds is 5. The lowest BCUT2D eigenvalue weighted by Gasteiger charge is -2.15. The molecule has 8 heteroatoms. The Kier molecular flexibility index (Phi) is 5.76. The van der Waals surface area contributed by atoms with Crippen molar-refractivity contribution >= 4 is 22.6 Å². The highest BCUT2D eigenvalue weighted by molar-refractivity contribution is 5.93. The van der Waals surface area contributed by atoms with Crippen LogP contribution in [0.3, 0.4) is 0 Å². The van der Waals surface area contributed by atoms with Crippen LogP contribution in [0.1, 0.15) is 23.7 Å². The van der Waals surface area contributed by atoms with Gasteiger partial charge in [0, 0.05) is 18.4 Å². The molecule has 0 unspecified atom stereocenters. The molecule has 2 aromatic heterocycles. The molecule has 0 saturated carbocycles. The number of halogens is 1. The summed E-state index contributed by atoms with van der Waals surface area (Å²) >= 11 is 0. The first-order valence-electron chi connectivity index (χ1n) is 10.7. The third-order valence-electron chi connectivity index (χ3n) is 5.96. The van der Waals surface area contributed by atoms with Crippen molar-refractivity contribution in [2.75, 3.05) is 5.32 Å². The maximum absolute atomic E-state index is 13.4. The maximum Gasteiger partial charge on any atom is 0.336 e. The standard InChI is InChI=1S/C25H25FN4O3/c1-5-17-8-6-7-15(2)22(17)27-21(31)14-29-20-13-16(3)28(4)23(20)24(32)30(25(29)33)19-11-9-18(26)10-12-19/h6-13H,5,14H2,1-4H3,(H,27,31). The fourth-order valence-corrected chi connectivity index (χ4v) is 4.08. The molecule has 4 aromatic rings. The summed E-state index contributed by atoms with van der Waals surface area (Å²) in [5, 5.41) is 2.93. The second kappa shape index (κ2) is 8.54. The van der Waals surface area contributed by atoms with E-state index in [2.05, 4.69) is 5.32 Å². The highest BCUT2D eigenvalue weighted by Crippen LogP contribution is 2.21. The monoisotopic (exact) mass is 448 g/mol. The second-order valence-electron chi connectivity index (χ2n) is 8.08. The zero-order chi connectivity index (χ0) is 23.9. The number of aromatic nitrogens is 3. The van der Waals surface area contributed by atoms with Crippen LogP contribution in [0.4, 0.5) is 10.1 Å². The number of anilines is 1. The van der Waals surface area contributed by atoms with Crippen molar-refractivity contribution < 1.29 is 9.18 Å². The molecule has 0 radical (unpaired) electrons. The van der Waals surface area contributed by atoms with Gasteiger partial charge in [0.25, 0.3) is 5.56 Å². The lowest BCUT2D eigenvalue weighted by Crippen LogP contribution is -2.41. The molecule has 0 aliphatic heterocycles. The van der Waals surface area contributed by atoms with Crippen molar-refractivity contribution in [1.29, 1.82) is 0 Å². The highest BCUT2D eigenvalue weighted by atomic mass is 19.1. The molecule has 0 atom stereocenters. The molecule has 0 bridgehead atoms. The Balaban J connectivity index is 1.86. The van der Waals surface area contributed by atoms with Crippen LogP contribution in [0, 0.1) is 19.7 Å². The molecular formula is C25H25FN4O3. The molecular weight excluding hydrogens is 423 g/mol. The van der Waals surface area contributed by atoms with E-state index in [9.17, 15) is 18.8 Å². The molecule has 2 aromatic carbocycles. The third kappa shape index (κ3) is 3.88. The lowest BCUT2D eigenvalue weighted by atomic mass is 10.1. The van der Waals surface area contributed by atoms with Crippen molar-refractivity contribution in [2.24, 2.45) is 7.05 Å². The number of nitrogens with zero attached hydrogens (tertiary/aromatic N) is 3. The molecule has 0 fully saturated rings. The van der Waals surface area contributed by atoms with Crippen molar-refractivity contribution in [3.63, 3.8) is 0 Å². The van der Waals surface area contributed by atoms with Gasteiger partial charge in [-0.2, -0.15) is 0 Å². The van der Waals surface area contributed by atoms with Gasteiger partial charge in [-0.25, -0.2) is 13.8 Å². The van der Waals surface area contributed by atoms with Gasteiger partial charge in [-0.3, -0.25) is 14.2 Å².